The van der Waals surface area contributed by atoms with E-state index in [9.17, 15) is 13.6 Å². The molecule has 1 heterocycles. The first-order valence-electron chi connectivity index (χ1n) is 7.17. The molecule has 0 aromatic heterocycles. The maximum Gasteiger partial charge on any atom is 0.258 e. The summed E-state index contributed by atoms with van der Waals surface area (Å²) in [5, 5.41) is 0.0592. The molecule has 1 aliphatic rings. The van der Waals surface area contributed by atoms with Crippen LogP contribution in [-0.4, -0.2) is 30.5 Å². The summed E-state index contributed by atoms with van der Waals surface area (Å²) < 4.78 is 33.4. The molecule has 2 aromatic carbocycles. The van der Waals surface area contributed by atoms with Gasteiger partial charge in [0, 0.05) is 12.1 Å². The Morgan fingerprint density at radius 3 is 2.61 bits per heavy atom. The van der Waals surface area contributed by atoms with E-state index < -0.39 is 23.6 Å². The van der Waals surface area contributed by atoms with Gasteiger partial charge in [0.05, 0.1) is 23.7 Å². The molecule has 0 saturated carbocycles. The highest BCUT2D eigenvalue weighted by atomic mass is 35.5. The summed E-state index contributed by atoms with van der Waals surface area (Å²) in [6.07, 6.45) is -0.584. The maximum atomic E-state index is 13.9. The topological polar surface area (TPSA) is 29.5 Å². The van der Waals surface area contributed by atoms with E-state index in [1.807, 2.05) is 0 Å². The molecule has 0 bridgehead atoms. The van der Waals surface area contributed by atoms with Crippen LogP contribution in [0.15, 0.2) is 42.5 Å². The van der Waals surface area contributed by atoms with Crippen LogP contribution in [0.5, 0.6) is 0 Å². The van der Waals surface area contributed by atoms with Gasteiger partial charge in [0.15, 0.2) is 0 Å². The molecule has 1 fully saturated rings. The zero-order chi connectivity index (χ0) is 16.4. The first-order chi connectivity index (χ1) is 11.1. The number of carbonyl (C=O) groups excluding carboxylic acids is 1. The second-order valence-electron chi connectivity index (χ2n) is 5.23. The van der Waals surface area contributed by atoms with E-state index in [0.29, 0.717) is 12.1 Å². The Bertz CT molecular complexity index is 718. The highest BCUT2D eigenvalue weighted by molar-refractivity contribution is 6.33. The quantitative estimate of drug-likeness (QED) is 0.833. The third-order valence-electron chi connectivity index (χ3n) is 3.78. The summed E-state index contributed by atoms with van der Waals surface area (Å²) >= 11 is 5.94. The lowest BCUT2D eigenvalue weighted by molar-refractivity contribution is -0.0244. The molecule has 0 radical (unpaired) electrons. The molecular formula is C17H14ClF2NO2. The van der Waals surface area contributed by atoms with Gasteiger partial charge >= 0.3 is 0 Å². The van der Waals surface area contributed by atoms with E-state index in [-0.39, 0.29) is 23.7 Å². The van der Waals surface area contributed by atoms with Crippen LogP contribution in [0.2, 0.25) is 5.02 Å². The lowest BCUT2D eigenvalue weighted by Crippen LogP contribution is -2.42. The summed E-state index contributed by atoms with van der Waals surface area (Å²) in [4.78, 5) is 14.0. The van der Waals surface area contributed by atoms with Crippen molar-refractivity contribution in [2.24, 2.45) is 0 Å². The number of halogens is 3. The fourth-order valence-electron chi connectivity index (χ4n) is 2.62. The zero-order valence-corrected chi connectivity index (χ0v) is 12.9. The minimum absolute atomic E-state index is 0.0592. The molecule has 23 heavy (non-hydrogen) atoms. The standard InChI is InChI=1S/C17H14ClF2NO2/c18-12-5-3-7-14(20)16(12)17(22)21-8-9-23-15(10-21)11-4-1-2-6-13(11)19/h1-7,15H,8-10H2. The number of carbonyl (C=O) groups is 1. The first-order valence-corrected chi connectivity index (χ1v) is 7.55. The van der Waals surface area contributed by atoms with Gasteiger partial charge in [0.2, 0.25) is 0 Å². The van der Waals surface area contributed by atoms with Crippen LogP contribution in [0, 0.1) is 11.6 Å². The summed E-state index contributed by atoms with van der Waals surface area (Å²) in [5.74, 6) is -1.58. The van der Waals surface area contributed by atoms with E-state index in [2.05, 4.69) is 0 Å². The van der Waals surface area contributed by atoms with Gasteiger partial charge in [0.25, 0.3) is 5.91 Å². The molecule has 1 amide bonds. The van der Waals surface area contributed by atoms with Crippen LogP contribution < -0.4 is 0 Å². The van der Waals surface area contributed by atoms with Crippen molar-refractivity contribution >= 4 is 17.5 Å². The summed E-state index contributed by atoms with van der Waals surface area (Å²) in [5.41, 5.74) is 0.216. The lowest BCUT2D eigenvalue weighted by Gasteiger charge is -2.33. The molecule has 1 aliphatic heterocycles. The second-order valence-corrected chi connectivity index (χ2v) is 5.64. The van der Waals surface area contributed by atoms with Gasteiger partial charge in [-0.15, -0.1) is 0 Å². The van der Waals surface area contributed by atoms with Crippen molar-refractivity contribution in [3.8, 4) is 0 Å². The predicted molar refractivity (Wildman–Crippen MR) is 82.4 cm³/mol. The average molecular weight is 338 g/mol. The van der Waals surface area contributed by atoms with Gasteiger partial charge in [-0.1, -0.05) is 35.9 Å². The zero-order valence-electron chi connectivity index (χ0n) is 12.1. The summed E-state index contributed by atoms with van der Waals surface area (Å²) in [6.45, 7) is 0.690. The smallest absolute Gasteiger partial charge is 0.258 e. The summed E-state index contributed by atoms with van der Waals surface area (Å²) in [6, 6.07) is 10.3. The Morgan fingerprint density at radius 2 is 1.87 bits per heavy atom. The van der Waals surface area contributed by atoms with Gasteiger partial charge in [-0.05, 0) is 18.2 Å². The molecule has 2 aromatic rings. The van der Waals surface area contributed by atoms with Crippen molar-refractivity contribution in [1.29, 1.82) is 0 Å². The van der Waals surface area contributed by atoms with Gasteiger partial charge < -0.3 is 9.64 Å². The van der Waals surface area contributed by atoms with Crippen LogP contribution >= 0.6 is 11.6 Å². The van der Waals surface area contributed by atoms with Crippen molar-refractivity contribution in [1.82, 2.24) is 4.90 Å². The molecule has 0 spiro atoms. The highest BCUT2D eigenvalue weighted by Gasteiger charge is 2.29. The number of ether oxygens (including phenoxy) is 1. The second kappa shape index (κ2) is 6.64. The van der Waals surface area contributed by atoms with Crippen molar-refractivity contribution in [2.45, 2.75) is 6.10 Å². The minimum Gasteiger partial charge on any atom is -0.370 e. The molecule has 0 N–H and O–H groups in total. The minimum atomic E-state index is -0.670. The molecule has 0 aliphatic carbocycles. The Hall–Kier alpha value is -1.98. The van der Waals surface area contributed by atoms with Crippen LogP contribution in [0.1, 0.15) is 22.0 Å². The van der Waals surface area contributed by atoms with Crippen molar-refractivity contribution in [2.75, 3.05) is 19.7 Å². The normalized spacial score (nSPS) is 18.0. The molecule has 1 saturated heterocycles. The number of morpholine rings is 1. The number of benzene rings is 2. The number of hydrogen-bond acceptors (Lipinski definition) is 2. The molecule has 1 unspecified atom stereocenters. The summed E-state index contributed by atoms with van der Waals surface area (Å²) in [7, 11) is 0. The van der Waals surface area contributed by atoms with Gasteiger partial charge in [-0.2, -0.15) is 0 Å². The van der Waals surface area contributed by atoms with E-state index in [0.717, 1.165) is 0 Å². The van der Waals surface area contributed by atoms with E-state index >= 15 is 0 Å². The molecule has 6 heteroatoms. The third-order valence-corrected chi connectivity index (χ3v) is 4.10. The number of hydrogen-bond donors (Lipinski definition) is 0. The maximum absolute atomic E-state index is 13.9. The van der Waals surface area contributed by atoms with Crippen LogP contribution in [0.25, 0.3) is 0 Å². The fourth-order valence-corrected chi connectivity index (χ4v) is 2.86. The molecule has 120 valence electrons. The lowest BCUT2D eigenvalue weighted by atomic mass is 10.1. The molecule has 3 nitrogen and oxygen atoms in total. The van der Waals surface area contributed by atoms with Gasteiger partial charge in [-0.25, -0.2) is 8.78 Å². The third kappa shape index (κ3) is 3.21. The largest absolute Gasteiger partial charge is 0.370 e. The van der Waals surface area contributed by atoms with Crippen LogP contribution in [0.4, 0.5) is 8.78 Å². The Morgan fingerprint density at radius 1 is 1.13 bits per heavy atom. The number of nitrogens with zero attached hydrogens (tertiary/aromatic N) is 1. The number of amides is 1. The van der Waals surface area contributed by atoms with Gasteiger partial charge in [0.1, 0.15) is 17.7 Å². The Kier molecular flexibility index (Phi) is 4.59. The van der Waals surface area contributed by atoms with E-state index in [4.69, 9.17) is 16.3 Å². The molecule has 3 rings (SSSR count). The van der Waals surface area contributed by atoms with Crippen LogP contribution in [-0.2, 0) is 4.74 Å². The Labute approximate surface area is 137 Å². The average Bonchev–Trinajstić information content (AvgIpc) is 2.55. The highest BCUT2D eigenvalue weighted by Crippen LogP contribution is 2.27. The van der Waals surface area contributed by atoms with E-state index in [1.165, 1.54) is 29.2 Å². The molecular weight excluding hydrogens is 324 g/mol. The monoisotopic (exact) mass is 337 g/mol. The first kappa shape index (κ1) is 15.9. The fraction of sp³-hybridized carbons (Fsp3) is 0.235. The van der Waals surface area contributed by atoms with Crippen molar-refractivity contribution in [3.05, 3.63) is 70.2 Å². The predicted octanol–water partition coefficient (Wildman–Crippen LogP) is 3.83. The van der Waals surface area contributed by atoms with Crippen LogP contribution in [0.3, 0.4) is 0 Å². The molecule has 1 atom stereocenters. The Balaban J connectivity index is 1.84. The van der Waals surface area contributed by atoms with Gasteiger partial charge in [-0.3, -0.25) is 4.79 Å². The number of rotatable bonds is 2. The van der Waals surface area contributed by atoms with Crippen molar-refractivity contribution in [3.63, 3.8) is 0 Å². The van der Waals surface area contributed by atoms with E-state index in [1.54, 1.807) is 18.2 Å². The SMILES string of the molecule is O=C(c1c(F)cccc1Cl)N1CCOC(c2ccccc2F)C1. The van der Waals surface area contributed by atoms with Crippen molar-refractivity contribution < 1.29 is 18.3 Å².